The van der Waals surface area contributed by atoms with Gasteiger partial charge in [-0.3, -0.25) is 4.98 Å². The smallest absolute Gasteiger partial charge is 0.407 e. The van der Waals surface area contributed by atoms with E-state index in [1.165, 1.54) is 6.20 Å². The summed E-state index contributed by atoms with van der Waals surface area (Å²) in [7, 11) is 0. The predicted octanol–water partition coefficient (Wildman–Crippen LogP) is 3.15. The summed E-state index contributed by atoms with van der Waals surface area (Å²) in [6, 6.07) is 17.1. The fraction of sp³-hybridized carbons (Fsp3) is 0.217. The molecule has 0 aliphatic heterocycles. The van der Waals surface area contributed by atoms with Gasteiger partial charge in [-0.15, -0.1) is 0 Å². The van der Waals surface area contributed by atoms with Crippen LogP contribution >= 0.6 is 0 Å². The number of carbonyl (C=O) groups excluding carboxylic acids is 1. The quantitative estimate of drug-likeness (QED) is 0.583. The van der Waals surface area contributed by atoms with Crippen molar-refractivity contribution in [2.24, 2.45) is 0 Å². The van der Waals surface area contributed by atoms with Gasteiger partial charge in [0.05, 0.1) is 6.20 Å². The number of aliphatic hydroxyl groups is 2. The molecule has 1 heterocycles. The Morgan fingerprint density at radius 2 is 1.70 bits per heavy atom. The minimum Gasteiger partial charge on any atom is -0.449 e. The van der Waals surface area contributed by atoms with Gasteiger partial charge < -0.3 is 20.3 Å². The Hall–Kier alpha value is -3.29. The Morgan fingerprint density at radius 1 is 1.07 bits per heavy atom. The van der Waals surface area contributed by atoms with Gasteiger partial charge in [0, 0.05) is 24.2 Å². The van der Waals surface area contributed by atoms with Crippen molar-refractivity contribution in [2.45, 2.75) is 18.1 Å². The van der Waals surface area contributed by atoms with E-state index in [0.29, 0.717) is 0 Å². The molecule has 0 fully saturated rings. The number of aromatic nitrogens is 1. The second-order valence-corrected chi connectivity index (χ2v) is 7.16. The van der Waals surface area contributed by atoms with Gasteiger partial charge in [0.1, 0.15) is 24.6 Å². The van der Waals surface area contributed by atoms with Gasteiger partial charge in [-0.05, 0) is 28.3 Å². The van der Waals surface area contributed by atoms with Gasteiger partial charge in [0.15, 0.2) is 0 Å². The molecule has 2 aromatic carbocycles. The van der Waals surface area contributed by atoms with Gasteiger partial charge in [-0.2, -0.15) is 0 Å². The Labute approximate surface area is 173 Å². The number of carbonyl (C=O) groups is 1. The highest BCUT2D eigenvalue weighted by Crippen LogP contribution is 2.44. The van der Waals surface area contributed by atoms with Crippen molar-refractivity contribution in [2.75, 3.05) is 13.2 Å². The number of aliphatic hydroxyl groups excluding tert-OH is 2. The molecule has 0 radical (unpaired) electrons. The van der Waals surface area contributed by atoms with Gasteiger partial charge in [0.2, 0.25) is 0 Å². The number of nitrogens with one attached hydrogen (secondary N) is 1. The molecule has 1 aliphatic rings. The zero-order chi connectivity index (χ0) is 21.1. The van der Waals surface area contributed by atoms with Crippen molar-refractivity contribution in [3.8, 4) is 11.1 Å². The van der Waals surface area contributed by atoms with Gasteiger partial charge >= 0.3 is 6.09 Å². The van der Waals surface area contributed by atoms with E-state index in [9.17, 15) is 19.4 Å². The molecule has 4 rings (SSSR count). The molecule has 154 valence electrons. The van der Waals surface area contributed by atoms with Crippen LogP contribution in [0, 0.1) is 5.82 Å². The molecule has 6 nitrogen and oxygen atoms in total. The van der Waals surface area contributed by atoms with E-state index in [1.807, 2.05) is 48.5 Å². The van der Waals surface area contributed by atoms with Crippen LogP contribution in [0.15, 0.2) is 67.0 Å². The first-order valence-corrected chi connectivity index (χ1v) is 9.60. The summed E-state index contributed by atoms with van der Waals surface area (Å²) < 4.78 is 18.6. The molecule has 0 saturated carbocycles. The second kappa shape index (κ2) is 8.61. The van der Waals surface area contributed by atoms with E-state index in [0.717, 1.165) is 34.5 Å². The van der Waals surface area contributed by atoms with Crippen molar-refractivity contribution in [1.29, 1.82) is 0 Å². The van der Waals surface area contributed by atoms with Crippen LogP contribution in [0.5, 0.6) is 0 Å². The zero-order valence-electron chi connectivity index (χ0n) is 16.0. The Bertz CT molecular complexity index is 1010. The SMILES string of the molecule is O=C(NCC(O)C(O)c1cncc(F)c1)OCC1c2ccccc2-c2ccccc21. The average molecular weight is 408 g/mol. The second-order valence-electron chi connectivity index (χ2n) is 7.16. The van der Waals surface area contributed by atoms with Crippen molar-refractivity contribution < 1.29 is 24.1 Å². The molecule has 30 heavy (non-hydrogen) atoms. The normalized spacial score (nSPS) is 14.5. The molecule has 1 aliphatic carbocycles. The lowest BCUT2D eigenvalue weighted by Crippen LogP contribution is -2.36. The molecule has 2 unspecified atom stereocenters. The van der Waals surface area contributed by atoms with Crippen LogP contribution in [-0.4, -0.2) is 40.5 Å². The first-order chi connectivity index (χ1) is 14.5. The highest BCUT2D eigenvalue weighted by Gasteiger charge is 2.29. The van der Waals surface area contributed by atoms with Crippen molar-refractivity contribution >= 4 is 6.09 Å². The summed E-state index contributed by atoms with van der Waals surface area (Å²) in [5, 5.41) is 22.6. The maximum atomic E-state index is 13.2. The number of fused-ring (bicyclic) bond motifs is 3. The third-order valence-electron chi connectivity index (χ3n) is 5.23. The molecule has 0 bridgehead atoms. The third-order valence-corrected chi connectivity index (χ3v) is 5.23. The molecule has 2 atom stereocenters. The molecule has 3 aromatic rings. The minimum absolute atomic E-state index is 0.0722. The van der Waals surface area contributed by atoms with Crippen LogP contribution in [0.2, 0.25) is 0 Å². The number of pyridine rings is 1. The molecule has 0 saturated heterocycles. The average Bonchev–Trinajstić information content (AvgIpc) is 3.09. The molecule has 1 amide bonds. The molecule has 0 spiro atoms. The van der Waals surface area contributed by atoms with E-state index in [4.69, 9.17) is 4.74 Å². The van der Waals surface area contributed by atoms with Crippen LogP contribution < -0.4 is 5.32 Å². The lowest BCUT2D eigenvalue weighted by molar-refractivity contribution is 0.0182. The fourth-order valence-electron chi connectivity index (χ4n) is 3.76. The molecular weight excluding hydrogens is 387 g/mol. The Kier molecular flexibility index (Phi) is 5.74. The predicted molar refractivity (Wildman–Crippen MR) is 108 cm³/mol. The van der Waals surface area contributed by atoms with Crippen LogP contribution in [0.25, 0.3) is 11.1 Å². The van der Waals surface area contributed by atoms with Crippen LogP contribution in [0.3, 0.4) is 0 Å². The molecule has 1 aromatic heterocycles. The minimum atomic E-state index is -1.39. The van der Waals surface area contributed by atoms with Crippen LogP contribution in [0.4, 0.5) is 9.18 Å². The highest BCUT2D eigenvalue weighted by molar-refractivity contribution is 5.79. The summed E-state index contributed by atoms with van der Waals surface area (Å²) in [6.45, 7) is -0.110. The Morgan fingerprint density at radius 3 is 2.33 bits per heavy atom. The number of rotatable bonds is 6. The van der Waals surface area contributed by atoms with Gasteiger partial charge in [-0.25, -0.2) is 9.18 Å². The standard InChI is InChI=1S/C23H21FN2O4/c24-15-9-14(10-25-11-15)22(28)21(27)12-26-23(29)30-13-20-18-7-3-1-5-16(18)17-6-2-4-8-19(17)20/h1-11,20-22,27-28H,12-13H2,(H,26,29). The van der Waals surface area contributed by atoms with E-state index in [2.05, 4.69) is 10.3 Å². The number of hydrogen-bond donors (Lipinski definition) is 3. The van der Waals surface area contributed by atoms with Crippen molar-refractivity contribution in [1.82, 2.24) is 10.3 Å². The zero-order valence-corrected chi connectivity index (χ0v) is 16.0. The lowest BCUT2D eigenvalue weighted by Gasteiger charge is -2.19. The first kappa shape index (κ1) is 20.0. The van der Waals surface area contributed by atoms with Crippen LogP contribution in [0.1, 0.15) is 28.7 Å². The topological polar surface area (TPSA) is 91.7 Å². The van der Waals surface area contributed by atoms with E-state index < -0.39 is 24.1 Å². The molecule has 7 heteroatoms. The van der Waals surface area contributed by atoms with E-state index in [1.54, 1.807) is 0 Å². The third kappa shape index (κ3) is 4.03. The lowest BCUT2D eigenvalue weighted by atomic mass is 9.98. The fourth-order valence-corrected chi connectivity index (χ4v) is 3.76. The number of ether oxygens (including phenoxy) is 1. The van der Waals surface area contributed by atoms with Crippen molar-refractivity contribution in [3.05, 3.63) is 89.5 Å². The van der Waals surface area contributed by atoms with Crippen molar-refractivity contribution in [3.63, 3.8) is 0 Å². The number of alkyl carbamates (subject to hydrolysis) is 1. The summed E-state index contributed by atoms with van der Waals surface area (Å²) in [5.74, 6) is -0.694. The number of nitrogens with zero attached hydrogens (tertiary/aromatic N) is 1. The number of benzene rings is 2. The van der Waals surface area contributed by atoms with E-state index in [-0.39, 0.29) is 24.6 Å². The molecule has 3 N–H and O–H groups in total. The largest absolute Gasteiger partial charge is 0.449 e. The van der Waals surface area contributed by atoms with Gasteiger partial charge in [0.25, 0.3) is 0 Å². The van der Waals surface area contributed by atoms with Gasteiger partial charge in [-0.1, -0.05) is 48.5 Å². The summed E-state index contributed by atoms with van der Waals surface area (Å²) in [4.78, 5) is 15.8. The number of hydrogen-bond acceptors (Lipinski definition) is 5. The maximum absolute atomic E-state index is 13.2. The van der Waals surface area contributed by atoms with Crippen LogP contribution in [-0.2, 0) is 4.74 Å². The number of halogens is 1. The van der Waals surface area contributed by atoms with E-state index >= 15 is 0 Å². The first-order valence-electron chi connectivity index (χ1n) is 9.60. The monoisotopic (exact) mass is 408 g/mol. The summed E-state index contributed by atoms with van der Waals surface area (Å²) in [6.07, 6.45) is -1.18. The summed E-state index contributed by atoms with van der Waals surface area (Å²) >= 11 is 0. The maximum Gasteiger partial charge on any atom is 0.407 e. The molecular formula is C23H21FN2O4. The summed E-state index contributed by atoms with van der Waals surface area (Å²) in [5.41, 5.74) is 4.58. The highest BCUT2D eigenvalue weighted by atomic mass is 19.1. The number of amides is 1. The Balaban J connectivity index is 1.34.